The Hall–Kier alpha value is -2.92. The van der Waals surface area contributed by atoms with E-state index in [9.17, 15) is 18.8 Å². The van der Waals surface area contributed by atoms with Crippen molar-refractivity contribution >= 4 is 23.4 Å². The van der Waals surface area contributed by atoms with E-state index < -0.39 is 23.3 Å². The van der Waals surface area contributed by atoms with Crippen LogP contribution < -0.4 is 10.6 Å². The fourth-order valence-electron chi connectivity index (χ4n) is 3.29. The van der Waals surface area contributed by atoms with Crippen LogP contribution in [0.15, 0.2) is 24.4 Å². The van der Waals surface area contributed by atoms with Crippen molar-refractivity contribution in [2.24, 2.45) is 5.73 Å². The summed E-state index contributed by atoms with van der Waals surface area (Å²) in [4.78, 5) is 16.9. The molecule has 1 unspecified atom stereocenters. The molecule has 2 heterocycles. The zero-order valence-electron chi connectivity index (χ0n) is 14.3. The van der Waals surface area contributed by atoms with E-state index in [1.165, 1.54) is 6.20 Å². The van der Waals surface area contributed by atoms with E-state index in [-0.39, 0.29) is 28.4 Å². The van der Waals surface area contributed by atoms with E-state index in [1.54, 1.807) is 11.8 Å². The number of hydrogen-bond donors (Lipinski definition) is 1. The fraction of sp³-hybridized carbons (Fsp3) is 0.278. The lowest BCUT2D eigenvalue weighted by molar-refractivity contribution is 0.0481. The van der Waals surface area contributed by atoms with Crippen molar-refractivity contribution in [1.82, 2.24) is 4.98 Å². The number of carbonyl (C=O) groups is 1. The molecule has 0 aliphatic carbocycles. The number of carbonyl (C=O) groups excluding carboxylic acids is 1. The van der Waals surface area contributed by atoms with Gasteiger partial charge in [-0.3, -0.25) is 0 Å². The van der Waals surface area contributed by atoms with Crippen molar-refractivity contribution in [3.63, 3.8) is 0 Å². The lowest BCUT2D eigenvalue weighted by atomic mass is 10.0. The van der Waals surface area contributed by atoms with Crippen LogP contribution in [0.4, 0.5) is 19.3 Å². The number of rotatable bonds is 3. The molecular formula is C18H15ClF2N4O2. The predicted molar refractivity (Wildman–Crippen MR) is 95.2 cm³/mol. The molecule has 0 bridgehead atoms. The normalized spacial score (nSPS) is 19.0. The molecule has 1 aliphatic rings. The molecule has 1 saturated heterocycles. The largest absolute Gasteiger partial charge is 0.441 e. The first kappa shape index (κ1) is 18.9. The first-order chi connectivity index (χ1) is 12.7. The average molecular weight is 393 g/mol. The van der Waals surface area contributed by atoms with Gasteiger partial charge in [0.05, 0.1) is 17.3 Å². The van der Waals surface area contributed by atoms with Crippen molar-refractivity contribution in [2.75, 3.05) is 18.0 Å². The molecule has 0 saturated carbocycles. The van der Waals surface area contributed by atoms with Crippen LogP contribution in [-0.2, 0) is 4.74 Å². The van der Waals surface area contributed by atoms with Crippen LogP contribution in [-0.4, -0.2) is 29.8 Å². The maximum Gasteiger partial charge on any atom is 0.405 e. The van der Waals surface area contributed by atoms with Crippen LogP contribution in [0.25, 0.3) is 11.1 Å². The zero-order chi connectivity index (χ0) is 19.8. The van der Waals surface area contributed by atoms with E-state index in [0.717, 1.165) is 18.2 Å². The van der Waals surface area contributed by atoms with Gasteiger partial charge >= 0.3 is 6.09 Å². The van der Waals surface area contributed by atoms with Crippen LogP contribution in [0, 0.1) is 23.0 Å². The monoisotopic (exact) mass is 392 g/mol. The second-order valence-corrected chi connectivity index (χ2v) is 6.90. The second kappa shape index (κ2) is 7.00. The smallest absolute Gasteiger partial charge is 0.405 e. The van der Waals surface area contributed by atoms with Gasteiger partial charge in [-0.25, -0.2) is 18.6 Å². The topological polar surface area (TPSA) is 92.2 Å². The number of aromatic nitrogens is 1. The third-order valence-electron chi connectivity index (χ3n) is 4.36. The molecular weight excluding hydrogens is 378 g/mol. The van der Waals surface area contributed by atoms with Crippen LogP contribution >= 0.6 is 11.6 Å². The molecule has 140 valence electrons. The van der Waals surface area contributed by atoms with Gasteiger partial charge in [-0.05, 0) is 24.6 Å². The lowest BCUT2D eigenvalue weighted by Crippen LogP contribution is -2.37. The second-order valence-electron chi connectivity index (χ2n) is 6.49. The SMILES string of the molecule is CC1(OC(N)=O)CCN(c2c(C#N)ncc(Cl)c2-c2cc(F)cc(F)c2)C1. The molecule has 2 aromatic rings. The van der Waals surface area contributed by atoms with E-state index in [0.29, 0.717) is 18.7 Å². The van der Waals surface area contributed by atoms with E-state index in [1.807, 2.05) is 6.07 Å². The Balaban J connectivity index is 2.14. The molecule has 0 radical (unpaired) electrons. The van der Waals surface area contributed by atoms with Crippen molar-refractivity contribution in [3.8, 4) is 17.2 Å². The van der Waals surface area contributed by atoms with Crippen molar-refractivity contribution in [1.29, 1.82) is 5.26 Å². The minimum Gasteiger partial charge on any atom is -0.441 e. The van der Waals surface area contributed by atoms with Gasteiger partial charge in [0.2, 0.25) is 0 Å². The first-order valence-corrected chi connectivity index (χ1v) is 8.39. The Morgan fingerprint density at radius 2 is 2.07 bits per heavy atom. The summed E-state index contributed by atoms with van der Waals surface area (Å²) in [5, 5.41) is 9.63. The van der Waals surface area contributed by atoms with Crippen LogP contribution in [0.5, 0.6) is 0 Å². The number of benzene rings is 1. The number of halogens is 3. The minimum atomic E-state index is -0.906. The van der Waals surface area contributed by atoms with Gasteiger partial charge in [-0.1, -0.05) is 11.6 Å². The highest BCUT2D eigenvalue weighted by Gasteiger charge is 2.39. The number of hydrogen-bond acceptors (Lipinski definition) is 5. The summed E-state index contributed by atoms with van der Waals surface area (Å²) in [6, 6.07) is 4.98. The van der Waals surface area contributed by atoms with Gasteiger partial charge in [0.25, 0.3) is 0 Å². The van der Waals surface area contributed by atoms with Gasteiger partial charge in [-0.15, -0.1) is 0 Å². The van der Waals surface area contributed by atoms with Gasteiger partial charge in [0.15, 0.2) is 5.69 Å². The highest BCUT2D eigenvalue weighted by atomic mass is 35.5. The predicted octanol–water partition coefficient (Wildman–Crippen LogP) is 3.62. The number of nitrogens with two attached hydrogens (primary N) is 1. The van der Waals surface area contributed by atoms with Gasteiger partial charge < -0.3 is 15.4 Å². The molecule has 1 atom stereocenters. The number of anilines is 1. The molecule has 9 heteroatoms. The number of amides is 1. The summed E-state index contributed by atoms with van der Waals surface area (Å²) in [6.07, 6.45) is 0.804. The van der Waals surface area contributed by atoms with Gasteiger partial charge in [0, 0.05) is 30.8 Å². The molecule has 1 amide bonds. The summed E-state index contributed by atoms with van der Waals surface area (Å²) in [5.41, 5.74) is 5.09. The summed E-state index contributed by atoms with van der Waals surface area (Å²) in [6.45, 7) is 2.34. The molecule has 2 N–H and O–H groups in total. The van der Waals surface area contributed by atoms with Crippen molar-refractivity contribution in [3.05, 3.63) is 46.7 Å². The van der Waals surface area contributed by atoms with E-state index in [2.05, 4.69) is 4.98 Å². The van der Waals surface area contributed by atoms with Gasteiger partial charge in [-0.2, -0.15) is 5.26 Å². The molecule has 1 aromatic heterocycles. The van der Waals surface area contributed by atoms with Crippen molar-refractivity contribution < 1.29 is 18.3 Å². The highest BCUT2D eigenvalue weighted by Crippen LogP contribution is 2.41. The highest BCUT2D eigenvalue weighted by molar-refractivity contribution is 6.34. The molecule has 3 rings (SSSR count). The molecule has 1 aliphatic heterocycles. The fourth-order valence-corrected chi connectivity index (χ4v) is 3.54. The van der Waals surface area contributed by atoms with Crippen LogP contribution in [0.1, 0.15) is 19.0 Å². The van der Waals surface area contributed by atoms with Crippen LogP contribution in [0.3, 0.4) is 0 Å². The Labute approximate surface area is 159 Å². The number of primary amides is 1. The number of nitriles is 1. The Kier molecular flexibility index (Phi) is 4.89. The quantitative estimate of drug-likeness (QED) is 0.861. The first-order valence-electron chi connectivity index (χ1n) is 8.01. The summed E-state index contributed by atoms with van der Waals surface area (Å²) < 4.78 is 32.7. The summed E-state index contributed by atoms with van der Waals surface area (Å²) in [7, 11) is 0. The maximum absolute atomic E-state index is 13.8. The maximum atomic E-state index is 13.8. The van der Waals surface area contributed by atoms with E-state index >= 15 is 0 Å². The standard InChI is InChI=1S/C18H15ClF2N4O2/c1-18(27-17(23)26)2-3-25(9-18)16-14(7-22)24-8-13(19)15(16)10-4-11(20)6-12(21)5-10/h4-6,8H,2-3,9H2,1H3,(H2,23,26). The number of nitrogens with zero attached hydrogens (tertiary/aromatic N) is 3. The molecule has 1 fully saturated rings. The lowest BCUT2D eigenvalue weighted by Gasteiger charge is -2.27. The van der Waals surface area contributed by atoms with E-state index in [4.69, 9.17) is 22.1 Å². The zero-order valence-corrected chi connectivity index (χ0v) is 15.1. The minimum absolute atomic E-state index is 0.0439. The number of ether oxygens (including phenoxy) is 1. The molecule has 27 heavy (non-hydrogen) atoms. The third-order valence-corrected chi connectivity index (χ3v) is 4.65. The Bertz CT molecular complexity index is 943. The molecule has 0 spiro atoms. The summed E-state index contributed by atoms with van der Waals surface area (Å²) in [5.74, 6) is -1.55. The third kappa shape index (κ3) is 3.78. The number of pyridine rings is 1. The Morgan fingerprint density at radius 3 is 2.67 bits per heavy atom. The average Bonchev–Trinajstić information content (AvgIpc) is 2.94. The summed E-state index contributed by atoms with van der Waals surface area (Å²) >= 11 is 6.28. The van der Waals surface area contributed by atoms with Gasteiger partial charge in [0.1, 0.15) is 23.3 Å². The molecule has 6 nitrogen and oxygen atoms in total. The van der Waals surface area contributed by atoms with Crippen LogP contribution in [0.2, 0.25) is 5.02 Å². The Morgan fingerprint density at radius 1 is 1.41 bits per heavy atom. The molecule has 1 aromatic carbocycles. The van der Waals surface area contributed by atoms with Crippen molar-refractivity contribution in [2.45, 2.75) is 18.9 Å².